The fraction of sp³-hybridized carbons (Fsp3) is 1.00. The Morgan fingerprint density at radius 1 is 1.71 bits per heavy atom. The van der Waals surface area contributed by atoms with E-state index in [0.717, 1.165) is 13.0 Å². The minimum atomic E-state index is -0.356. The maximum atomic E-state index is 5.88. The Labute approximate surface area is 99.1 Å². The molecule has 0 aromatic heterocycles. The molecule has 2 bridgehead atoms. The van der Waals surface area contributed by atoms with E-state index in [4.69, 9.17) is 20.4 Å². The molecule has 4 unspecified atom stereocenters. The van der Waals surface area contributed by atoms with Crippen LogP contribution in [0.2, 0.25) is 0 Å². The van der Waals surface area contributed by atoms with Crippen LogP contribution in [0.15, 0.2) is 0 Å². The molecule has 78 valence electrons. The minimum Gasteiger partial charge on any atom is -0.382 e. The first-order chi connectivity index (χ1) is 6.73. The average Bonchev–Trinajstić information content (AvgIpc) is 2.30. The van der Waals surface area contributed by atoms with Crippen molar-refractivity contribution in [3.63, 3.8) is 0 Å². The summed E-state index contributed by atoms with van der Waals surface area (Å²) in [5.74, 6) is 0. The van der Waals surface area contributed by atoms with Crippen molar-refractivity contribution in [3.8, 4) is 0 Å². The second-order valence-corrected chi connectivity index (χ2v) is 4.33. The maximum Gasteiger partial charge on any atom is 0.121 e. The molecule has 0 saturated carbocycles. The number of halogens is 1. The van der Waals surface area contributed by atoms with Crippen molar-refractivity contribution in [2.24, 2.45) is 0 Å². The summed E-state index contributed by atoms with van der Waals surface area (Å²) in [6.45, 7) is 1.44. The van der Waals surface area contributed by atoms with Crippen molar-refractivity contribution in [3.05, 3.63) is 0 Å². The lowest BCUT2D eigenvalue weighted by Gasteiger charge is -2.37. The first kappa shape index (κ1) is 11.1. The molecular formula is C8H13BINO3. The summed E-state index contributed by atoms with van der Waals surface area (Å²) in [7, 11) is 7.55. The van der Waals surface area contributed by atoms with Gasteiger partial charge >= 0.3 is 0 Å². The van der Waals surface area contributed by atoms with E-state index in [1.165, 1.54) is 0 Å². The molecule has 0 aromatic carbocycles. The van der Waals surface area contributed by atoms with E-state index in [9.17, 15) is 0 Å². The number of hydrogen-bond donors (Lipinski definition) is 1. The zero-order chi connectivity index (χ0) is 10.2. The maximum absolute atomic E-state index is 5.88. The van der Waals surface area contributed by atoms with Gasteiger partial charge in [0.25, 0.3) is 0 Å². The van der Waals surface area contributed by atoms with E-state index in [-0.39, 0.29) is 23.8 Å². The number of piperidine rings is 1. The fourth-order valence-corrected chi connectivity index (χ4v) is 3.13. The Hall–Kier alpha value is 0.635. The highest BCUT2D eigenvalue weighted by atomic mass is 127. The van der Waals surface area contributed by atoms with Gasteiger partial charge in [-0.3, -0.25) is 0 Å². The normalized spacial score (nSPS) is 46.9. The van der Waals surface area contributed by atoms with Gasteiger partial charge in [0.05, 0.1) is 12.6 Å². The number of methoxy groups -OCH3 is 1. The van der Waals surface area contributed by atoms with Crippen LogP contribution in [0.25, 0.3) is 0 Å². The first-order valence-corrected chi connectivity index (χ1v) is 5.55. The van der Waals surface area contributed by atoms with Gasteiger partial charge in [0.1, 0.15) is 42.6 Å². The van der Waals surface area contributed by atoms with Gasteiger partial charge in [0.2, 0.25) is 0 Å². The van der Waals surface area contributed by atoms with Crippen LogP contribution >= 0.6 is 23.0 Å². The molecule has 14 heavy (non-hydrogen) atoms. The summed E-state index contributed by atoms with van der Waals surface area (Å²) >= 11 is 1.91. The van der Waals surface area contributed by atoms with Gasteiger partial charge in [-0.05, 0) is 13.0 Å². The summed E-state index contributed by atoms with van der Waals surface area (Å²) < 4.78 is 16.4. The Balaban J connectivity index is 2.20. The van der Waals surface area contributed by atoms with Crippen molar-refractivity contribution in [1.29, 1.82) is 0 Å². The molecule has 2 fully saturated rings. The summed E-state index contributed by atoms with van der Waals surface area (Å²) in [5.41, 5.74) is -0.356. The van der Waals surface area contributed by atoms with Crippen LogP contribution in [-0.4, -0.2) is 51.9 Å². The van der Waals surface area contributed by atoms with Crippen LogP contribution in [-0.2, 0) is 12.5 Å². The van der Waals surface area contributed by atoms with Gasteiger partial charge in [0, 0.05) is 13.1 Å². The highest BCUT2D eigenvalue weighted by Gasteiger charge is 2.56. The van der Waals surface area contributed by atoms with Gasteiger partial charge in [-0.1, -0.05) is 0 Å². The van der Waals surface area contributed by atoms with Crippen molar-refractivity contribution in [2.45, 2.75) is 30.2 Å². The van der Waals surface area contributed by atoms with Crippen LogP contribution in [0.1, 0.15) is 6.42 Å². The molecule has 2 aliphatic rings. The van der Waals surface area contributed by atoms with Gasteiger partial charge in [-0.2, -0.15) is 0 Å². The van der Waals surface area contributed by atoms with Crippen LogP contribution in [0.5, 0.6) is 0 Å². The molecule has 0 aliphatic carbocycles. The van der Waals surface area contributed by atoms with E-state index < -0.39 is 0 Å². The van der Waals surface area contributed by atoms with E-state index in [2.05, 4.69) is 5.32 Å². The first-order valence-electron chi connectivity index (χ1n) is 4.66. The minimum absolute atomic E-state index is 0.0215. The van der Waals surface area contributed by atoms with E-state index in [1.807, 2.05) is 23.0 Å². The van der Waals surface area contributed by atoms with Gasteiger partial charge in [0.15, 0.2) is 0 Å². The lowest BCUT2D eigenvalue weighted by Crippen LogP contribution is -2.57. The molecule has 2 rings (SSSR count). The molecule has 4 atom stereocenters. The Morgan fingerprint density at radius 3 is 3.14 bits per heavy atom. The molecule has 2 saturated heterocycles. The van der Waals surface area contributed by atoms with Gasteiger partial charge in [-0.15, -0.1) is 0 Å². The van der Waals surface area contributed by atoms with Crippen LogP contribution < -0.4 is 5.32 Å². The number of nitrogens with one attached hydrogen (secondary N) is 1. The van der Waals surface area contributed by atoms with Crippen LogP contribution in [0.4, 0.5) is 0 Å². The van der Waals surface area contributed by atoms with E-state index >= 15 is 0 Å². The molecule has 6 heteroatoms. The highest BCUT2D eigenvalue weighted by molar-refractivity contribution is 14.1. The molecule has 0 aromatic rings. The number of hydrogen-bond acceptors (Lipinski definition) is 4. The zero-order valence-electron chi connectivity index (χ0n) is 8.03. The number of fused-ring (bicyclic) bond motifs is 2. The van der Waals surface area contributed by atoms with Gasteiger partial charge < -0.3 is 17.9 Å². The second-order valence-electron chi connectivity index (χ2n) is 3.82. The molecule has 2 radical (unpaired) electrons. The molecular weight excluding hydrogens is 296 g/mol. The third kappa shape index (κ3) is 1.61. The Bertz CT molecular complexity index is 217. The predicted molar refractivity (Wildman–Crippen MR) is 60.5 cm³/mol. The Morgan fingerprint density at radius 2 is 2.50 bits per heavy atom. The van der Waals surface area contributed by atoms with E-state index in [1.54, 1.807) is 7.11 Å². The van der Waals surface area contributed by atoms with E-state index in [0.29, 0.717) is 6.61 Å². The number of rotatable bonds is 3. The Kier molecular flexibility index (Phi) is 3.38. The van der Waals surface area contributed by atoms with Crippen LogP contribution in [0.3, 0.4) is 0 Å². The zero-order valence-corrected chi connectivity index (χ0v) is 10.2. The van der Waals surface area contributed by atoms with Crippen molar-refractivity contribution in [1.82, 2.24) is 5.32 Å². The predicted octanol–water partition coefficient (Wildman–Crippen LogP) is -0.00650. The van der Waals surface area contributed by atoms with Crippen molar-refractivity contribution < 1.29 is 12.5 Å². The molecule has 0 amide bonds. The molecule has 2 heterocycles. The standard InChI is InChI=1S/C8H13BINO3/c1-12-4-8-2-3-11-5(6(8)14-10)7(9)13-8/h5-7,11H,2-4H2,1H3. The molecule has 2 aliphatic heterocycles. The molecule has 0 spiro atoms. The quantitative estimate of drug-likeness (QED) is 0.588. The second kappa shape index (κ2) is 4.25. The summed E-state index contributed by atoms with van der Waals surface area (Å²) in [5, 5.41) is 3.31. The molecule has 4 nitrogen and oxygen atoms in total. The van der Waals surface area contributed by atoms with Crippen LogP contribution in [0, 0.1) is 0 Å². The van der Waals surface area contributed by atoms with Crippen molar-refractivity contribution >= 4 is 30.9 Å². The SMILES string of the molecule is [B]C1OC2(COC)CCNC1C2OI. The topological polar surface area (TPSA) is 39.7 Å². The van der Waals surface area contributed by atoms with Gasteiger partial charge in [-0.25, -0.2) is 0 Å². The lowest BCUT2D eigenvalue weighted by molar-refractivity contribution is -0.0986. The lowest BCUT2D eigenvalue weighted by atomic mass is 9.83. The third-order valence-electron chi connectivity index (χ3n) is 2.98. The van der Waals surface area contributed by atoms with Crippen molar-refractivity contribution in [2.75, 3.05) is 20.3 Å². The monoisotopic (exact) mass is 309 g/mol. The smallest absolute Gasteiger partial charge is 0.121 e. The third-order valence-corrected chi connectivity index (χ3v) is 3.53. The summed E-state index contributed by atoms with van der Waals surface area (Å²) in [4.78, 5) is 0. The fourth-order valence-electron chi connectivity index (χ4n) is 2.35. The summed E-state index contributed by atoms with van der Waals surface area (Å²) in [6, 6.07) is -0.219. The number of ether oxygens (including phenoxy) is 2. The largest absolute Gasteiger partial charge is 0.382 e. The molecule has 1 N–H and O–H groups in total. The average molecular weight is 309 g/mol. The summed E-state index contributed by atoms with van der Waals surface area (Å²) in [6.07, 6.45) is 0.852. The highest BCUT2D eigenvalue weighted by Crippen LogP contribution is 2.39.